The van der Waals surface area contributed by atoms with Gasteiger partial charge in [0.05, 0.1) is 0 Å². The van der Waals surface area contributed by atoms with E-state index < -0.39 is 0 Å². The third kappa shape index (κ3) is 0.671. The Morgan fingerprint density at radius 1 is 0.0909 bits per heavy atom. The maximum atomic E-state index is 1.84. The van der Waals surface area contributed by atoms with Gasteiger partial charge in [-0.05, 0) is 503 Å². The Balaban J connectivity index is 0.489. The Bertz CT molecular complexity index is 5670. The lowest BCUT2D eigenvalue weighted by Gasteiger charge is -3.61. The Morgan fingerprint density at radius 3 is 0.295 bits per heavy atom. The van der Waals surface area contributed by atoms with Crippen LogP contribution in [-0.2, 0) is 0 Å². The van der Waals surface area contributed by atoms with Crippen molar-refractivity contribution in [3.05, 3.63) is 0 Å². The van der Waals surface area contributed by atoms with Crippen LogP contribution in [0.15, 0.2) is 0 Å². The molecule has 63 rings (SSSR count). The second-order valence-corrected chi connectivity index (χ2v) is 57.3. The van der Waals surface area contributed by atoms with Gasteiger partial charge in [0.15, 0.2) is 0 Å². The second-order valence-electron chi connectivity index (χ2n) is 57.3. The first-order chi connectivity index (χ1) is 43.8. The van der Waals surface area contributed by atoms with E-state index in [1.807, 2.05) is 25.7 Å². The number of fused-ring (bicyclic) bond motifs is 40. The van der Waals surface area contributed by atoms with Gasteiger partial charge in [-0.2, -0.15) is 0 Å². The molecule has 0 bridgehead atoms. The van der Waals surface area contributed by atoms with Crippen LogP contribution >= 0.6 is 0 Å². The van der Waals surface area contributed by atoms with E-state index in [1.54, 1.807) is 0 Å². The Kier molecular flexibility index (Phi) is 1.53. The van der Waals surface area contributed by atoms with E-state index in [2.05, 4.69) is 0 Å². The minimum Gasteiger partial charge on any atom is -0.0458 e. The fraction of sp³-hybridized carbons (Fsp3) is 1.00. The quantitative estimate of drug-likeness (QED) is 0.246. The molecule has 63 aliphatic rings. The normalized spacial score (nSPS) is 142. The van der Waals surface area contributed by atoms with Gasteiger partial charge in [0, 0.05) is 0 Å². The smallest absolute Gasteiger partial charge is 0.00502 e. The standard InChI is InChI=1S/C88H52/c1-5-6-2-10-14-18-22-26-30-34-38-42-47-48-44-40-36-32-28-24-20-16-12-4-8-7-3-11-15-19-23-27-31-35-39-43-46-45-41-37-33-29-25-21-17-13-9(1)49(5)50(6,10)54(14)53(13,49)57(17)58(18,54)62(22)61(21,57)65(25)66(26,62)70(30)69(29,65)73(33)74(34,70)78(38)77(37,73)81(41)82(42,78)87(47)85(45,81)86(46)83(43)79(39)75(35)71(31)67(27)63(23)59(19)55(15)51(7,11)52(8,12)56(16,55)60(20,59)64(24,63)68(28,67)72(32,71)76(36,75)80(40,79)84(44,83)88(48,86)87/h5-48H,1-4H2. The zero-order chi connectivity index (χ0) is 48.2. The highest BCUT2D eigenvalue weighted by molar-refractivity contribution is 6.10. The monoisotopic (exact) mass is 1110 g/mol. The number of hydrogen-bond acceptors (Lipinski definition) is 0. The van der Waals surface area contributed by atoms with Crippen molar-refractivity contribution in [2.45, 2.75) is 25.7 Å². The van der Waals surface area contributed by atoms with Crippen molar-refractivity contribution in [3.63, 3.8) is 0 Å². The van der Waals surface area contributed by atoms with Crippen molar-refractivity contribution in [3.8, 4) is 0 Å². The third-order valence-corrected chi connectivity index (χ3v) is 76.9. The Labute approximate surface area is 499 Å². The van der Waals surface area contributed by atoms with Crippen molar-refractivity contribution in [1.29, 1.82) is 0 Å². The van der Waals surface area contributed by atoms with Crippen LogP contribution in [0.25, 0.3) is 0 Å². The zero-order valence-electron chi connectivity index (χ0n) is 48.2. The van der Waals surface area contributed by atoms with Crippen molar-refractivity contribution in [2.75, 3.05) is 0 Å². The first-order valence-corrected chi connectivity index (χ1v) is 43.8. The Hall–Kier alpha value is 0. The van der Waals surface area contributed by atoms with Crippen LogP contribution in [0.2, 0.25) is 0 Å². The van der Waals surface area contributed by atoms with Crippen molar-refractivity contribution < 1.29 is 0 Å². The second kappa shape index (κ2) is 4.55. The molecule has 63 aliphatic carbocycles. The highest BCUT2D eigenvalue weighted by Crippen LogP contribution is 3.67. The predicted octanol–water partition coefficient (Wildman–Crippen LogP) is 6.97. The molecule has 0 nitrogen and oxygen atoms in total. The van der Waals surface area contributed by atoms with Gasteiger partial charge in [0.25, 0.3) is 0 Å². The van der Waals surface area contributed by atoms with Gasteiger partial charge in [-0.15, -0.1) is 0 Å². The molecule has 0 aromatic heterocycles. The fourth-order valence-corrected chi connectivity index (χ4v) is 97.6. The average molecular weight is 1110 g/mol. The van der Waals surface area contributed by atoms with E-state index in [4.69, 9.17) is 0 Å². The minimum absolute atomic E-state index is 1.10. The molecule has 0 heteroatoms. The summed E-state index contributed by atoms with van der Waals surface area (Å²) < 4.78 is 0. The summed E-state index contributed by atoms with van der Waals surface area (Å²) in [5.41, 5.74) is 44.8. The zero-order valence-corrected chi connectivity index (χ0v) is 48.2. The largest absolute Gasteiger partial charge is 0.0458 e. The number of rotatable bonds is 0. The SMILES string of the molecule is C1C2C3CC4C5C6C7C8C9C%10C%11C%12C%13C%14C%15C%16C%17C%18C%19C%20C%21C%22C%23CC%24C%25CC%26C%27C%28C%29C%30C%31C%32C%33C%34C%35C%36C%37C%38C%39C%40C%41C%42C%43C%44C1C21C34C52C%441C%431C62C72C%421C%411C82C92C%401C%391C%102C%112C%381C%371C%122C%132C%361C%351C%343C%334C%325C%316C%307C%298C%289C%27%10C%25%26C%24%23C%22%10C%219C%208C%197C%186C%175C%164C%153C%1412. The molecule has 0 aromatic rings. The van der Waals surface area contributed by atoms with E-state index in [1.165, 1.54) is 260 Å². The molecule has 80 atom stereocenters. The van der Waals surface area contributed by atoms with E-state index in [9.17, 15) is 0 Å². The molecule has 63 fully saturated rings. The summed E-state index contributed by atoms with van der Waals surface area (Å²) in [6, 6.07) is 0. The summed E-state index contributed by atoms with van der Waals surface area (Å²) in [6.07, 6.45) is 7.35. The first kappa shape index (κ1) is 29.6. The van der Waals surface area contributed by atoms with Crippen LogP contribution < -0.4 is 0 Å². The maximum Gasteiger partial charge on any atom is -0.00502 e. The van der Waals surface area contributed by atoms with Gasteiger partial charge in [-0.3, -0.25) is 0 Å². The lowest BCUT2D eigenvalue weighted by Crippen LogP contribution is -3.60. The fourth-order valence-electron chi connectivity index (χ4n) is 97.6. The van der Waals surface area contributed by atoms with Crippen LogP contribution in [0.5, 0.6) is 0 Å². The van der Waals surface area contributed by atoms with Gasteiger partial charge >= 0.3 is 0 Å². The molecule has 63 saturated carbocycles. The molecule has 88 heavy (non-hydrogen) atoms. The third-order valence-electron chi connectivity index (χ3n) is 76.9. The van der Waals surface area contributed by atoms with Gasteiger partial charge in [-0.1, -0.05) is 0 Å². The average Bonchev–Trinajstić information content (AvgIpc) is 0.442. The molecule has 404 valence electrons. The van der Waals surface area contributed by atoms with Gasteiger partial charge in [0.2, 0.25) is 0 Å². The van der Waals surface area contributed by atoms with Crippen molar-refractivity contribution in [1.82, 2.24) is 0 Å². The minimum atomic E-state index is 1.10. The van der Waals surface area contributed by atoms with Gasteiger partial charge < -0.3 is 0 Å². The van der Waals surface area contributed by atoms with Crippen LogP contribution in [0.1, 0.15) is 25.7 Å². The molecule has 40 spiro atoms. The van der Waals surface area contributed by atoms with Crippen LogP contribution in [0.3, 0.4) is 0 Å². The molecular formula is C88H52. The summed E-state index contributed by atoms with van der Waals surface area (Å²) in [5.74, 6) is 62.5. The molecule has 0 N–H and O–H groups in total. The highest BCUT2D eigenvalue weighted by atomic mass is 15.7. The Morgan fingerprint density at radius 2 is 0.182 bits per heavy atom. The molecular weight excluding hydrogens is 1060 g/mol. The molecule has 0 aliphatic heterocycles. The van der Waals surface area contributed by atoms with Gasteiger partial charge in [-0.25, -0.2) is 0 Å². The first-order valence-electron chi connectivity index (χ1n) is 43.8. The molecule has 0 amide bonds. The molecule has 0 aromatic carbocycles. The number of hydrogen-bond donors (Lipinski definition) is 0. The molecule has 80 unspecified atom stereocenters. The summed E-state index contributed by atoms with van der Waals surface area (Å²) in [4.78, 5) is 0. The molecule has 0 heterocycles. The summed E-state index contributed by atoms with van der Waals surface area (Å²) in [6.45, 7) is 0. The van der Waals surface area contributed by atoms with E-state index >= 15 is 0 Å². The van der Waals surface area contributed by atoms with E-state index in [0.717, 1.165) is 217 Å². The lowest BCUT2D eigenvalue weighted by molar-refractivity contribution is -1.16. The topological polar surface area (TPSA) is 0 Å². The van der Waals surface area contributed by atoms with Crippen LogP contribution in [0.4, 0.5) is 0 Å². The molecule has 0 radical (unpaired) electrons. The summed E-state index contributed by atoms with van der Waals surface area (Å²) >= 11 is 0. The van der Waals surface area contributed by atoms with Gasteiger partial charge in [0.1, 0.15) is 0 Å². The highest BCUT2D eigenvalue weighted by Gasteiger charge is 3.66. The molecule has 0 saturated heterocycles. The summed E-state index contributed by atoms with van der Waals surface area (Å²) in [5, 5.41) is 0. The van der Waals surface area contributed by atoms with Crippen LogP contribution in [-0.4, -0.2) is 0 Å². The lowest BCUT2D eigenvalue weighted by atomic mass is 8.41. The van der Waals surface area contributed by atoms with Crippen LogP contribution in [0, 0.1) is 477 Å². The maximum absolute atomic E-state index is 1.84. The van der Waals surface area contributed by atoms with E-state index in [0.29, 0.717) is 0 Å². The van der Waals surface area contributed by atoms with Crippen molar-refractivity contribution in [2.24, 2.45) is 477 Å². The van der Waals surface area contributed by atoms with Crippen molar-refractivity contribution >= 4 is 0 Å². The summed E-state index contributed by atoms with van der Waals surface area (Å²) in [7, 11) is 0. The predicted molar refractivity (Wildman–Crippen MR) is 269 cm³/mol. The van der Waals surface area contributed by atoms with E-state index in [-0.39, 0.29) is 0 Å².